The first-order valence-electron chi connectivity index (χ1n) is 6.96. The second kappa shape index (κ2) is 6.38. The molecule has 1 heterocycles. The van der Waals surface area contributed by atoms with Crippen LogP contribution in [-0.4, -0.2) is 59.2 Å². The Morgan fingerprint density at radius 1 is 1.52 bits per heavy atom. The fraction of sp³-hybridized carbons (Fsp3) is 0.571. The lowest BCUT2D eigenvalue weighted by molar-refractivity contribution is -0.384. The monoisotopic (exact) mass is 294 g/mol. The van der Waals surface area contributed by atoms with E-state index >= 15 is 0 Å². The third-order valence-electron chi connectivity index (χ3n) is 3.79. The Morgan fingerprint density at radius 2 is 2.24 bits per heavy atom. The molecule has 116 valence electrons. The minimum atomic E-state index is -0.418. The molecule has 0 amide bonds. The number of nitrogens with zero attached hydrogens (tertiary/aromatic N) is 3. The number of likely N-dealkylation sites (N-methyl/N-ethyl adjacent to an activating group) is 1. The maximum absolute atomic E-state index is 10.9. The topological polar surface area (TPSA) is 95.9 Å². The van der Waals surface area contributed by atoms with Gasteiger partial charge in [-0.15, -0.1) is 0 Å². The molecule has 0 aromatic heterocycles. The number of non-ortho nitro benzene ring substituents is 1. The van der Waals surface area contributed by atoms with Crippen LogP contribution in [0, 0.1) is 10.1 Å². The van der Waals surface area contributed by atoms with Gasteiger partial charge in [-0.3, -0.25) is 15.0 Å². The first-order valence-corrected chi connectivity index (χ1v) is 6.96. The first kappa shape index (κ1) is 15.7. The molecule has 2 atom stereocenters. The zero-order chi connectivity index (χ0) is 15.6. The van der Waals surface area contributed by atoms with Gasteiger partial charge >= 0.3 is 0 Å². The van der Waals surface area contributed by atoms with Crippen molar-refractivity contribution in [2.75, 3.05) is 32.9 Å². The number of β-amino-alcohol motifs (C(OH)–C–C–N with tert-alkyl or cyclic N) is 1. The molecule has 1 aliphatic heterocycles. The van der Waals surface area contributed by atoms with E-state index in [2.05, 4.69) is 9.80 Å². The standard InChI is InChI=1S/C14H22N4O3/c1-16(2)8-12-6-13(19)9-17(12)7-10-5-11(18(20)21)3-4-14(10)15/h3-5,12-13,19H,6-9,15H2,1-2H3. The number of anilines is 1. The second-order valence-corrected chi connectivity index (χ2v) is 5.88. The van der Waals surface area contributed by atoms with Crippen LogP contribution in [-0.2, 0) is 6.54 Å². The third-order valence-corrected chi connectivity index (χ3v) is 3.79. The highest BCUT2D eigenvalue weighted by Crippen LogP contribution is 2.26. The minimum Gasteiger partial charge on any atom is -0.398 e. The summed E-state index contributed by atoms with van der Waals surface area (Å²) < 4.78 is 0. The van der Waals surface area contributed by atoms with Crippen molar-refractivity contribution < 1.29 is 10.0 Å². The smallest absolute Gasteiger partial charge is 0.269 e. The molecule has 2 rings (SSSR count). The van der Waals surface area contributed by atoms with Gasteiger partial charge < -0.3 is 15.7 Å². The fourth-order valence-corrected chi connectivity index (χ4v) is 2.82. The molecule has 7 heteroatoms. The highest BCUT2D eigenvalue weighted by atomic mass is 16.6. The summed E-state index contributed by atoms with van der Waals surface area (Å²) >= 11 is 0. The number of nitrogens with two attached hydrogens (primary N) is 1. The van der Waals surface area contributed by atoms with Crippen molar-refractivity contribution >= 4 is 11.4 Å². The quantitative estimate of drug-likeness (QED) is 0.471. The van der Waals surface area contributed by atoms with E-state index in [0.717, 1.165) is 12.1 Å². The van der Waals surface area contributed by atoms with E-state index in [0.29, 0.717) is 25.2 Å². The van der Waals surface area contributed by atoms with Gasteiger partial charge in [-0.25, -0.2) is 0 Å². The Balaban J connectivity index is 2.16. The molecule has 0 spiro atoms. The largest absolute Gasteiger partial charge is 0.398 e. The van der Waals surface area contributed by atoms with Crippen LogP contribution in [0.2, 0.25) is 0 Å². The predicted octanol–water partition coefficient (Wildman–Crippen LogP) is 0.674. The zero-order valence-electron chi connectivity index (χ0n) is 12.4. The Hall–Kier alpha value is -1.70. The Kier molecular flexibility index (Phi) is 4.76. The average molecular weight is 294 g/mol. The third kappa shape index (κ3) is 3.90. The highest BCUT2D eigenvalue weighted by molar-refractivity contribution is 5.52. The molecular formula is C14H22N4O3. The van der Waals surface area contributed by atoms with Crippen LogP contribution in [0.25, 0.3) is 0 Å². The van der Waals surface area contributed by atoms with Gasteiger partial charge in [0.1, 0.15) is 0 Å². The molecule has 0 aliphatic carbocycles. The maximum Gasteiger partial charge on any atom is 0.269 e. The molecular weight excluding hydrogens is 272 g/mol. The van der Waals surface area contributed by atoms with E-state index in [-0.39, 0.29) is 17.8 Å². The number of aliphatic hydroxyl groups is 1. The van der Waals surface area contributed by atoms with Crippen LogP contribution in [0.1, 0.15) is 12.0 Å². The molecule has 1 aromatic carbocycles. The molecule has 1 aliphatic rings. The number of benzene rings is 1. The van der Waals surface area contributed by atoms with Gasteiger partial charge in [0.05, 0.1) is 11.0 Å². The molecule has 0 saturated carbocycles. The molecule has 2 unspecified atom stereocenters. The van der Waals surface area contributed by atoms with Gasteiger partial charge in [-0.2, -0.15) is 0 Å². The van der Waals surface area contributed by atoms with Crippen molar-refractivity contribution in [2.45, 2.75) is 25.1 Å². The number of nitrogen functional groups attached to an aromatic ring is 1. The van der Waals surface area contributed by atoms with Gasteiger partial charge in [-0.1, -0.05) is 0 Å². The molecule has 7 nitrogen and oxygen atoms in total. The lowest BCUT2D eigenvalue weighted by Crippen LogP contribution is -2.37. The van der Waals surface area contributed by atoms with E-state index in [4.69, 9.17) is 5.73 Å². The highest BCUT2D eigenvalue weighted by Gasteiger charge is 2.31. The molecule has 1 aromatic rings. The summed E-state index contributed by atoms with van der Waals surface area (Å²) in [6, 6.07) is 4.73. The number of likely N-dealkylation sites (tertiary alicyclic amines) is 1. The Bertz CT molecular complexity index is 521. The zero-order valence-corrected chi connectivity index (χ0v) is 12.4. The summed E-state index contributed by atoms with van der Waals surface area (Å²) in [6.45, 7) is 1.93. The first-order chi connectivity index (χ1) is 9.86. The van der Waals surface area contributed by atoms with Gasteiger partial charge in [0, 0.05) is 43.5 Å². The van der Waals surface area contributed by atoms with Gasteiger partial charge in [0.2, 0.25) is 0 Å². The summed E-state index contributed by atoms with van der Waals surface area (Å²) in [7, 11) is 3.98. The van der Waals surface area contributed by atoms with Crippen molar-refractivity contribution in [3.05, 3.63) is 33.9 Å². The average Bonchev–Trinajstić information content (AvgIpc) is 2.71. The van der Waals surface area contributed by atoms with Crippen LogP contribution >= 0.6 is 0 Å². The summed E-state index contributed by atoms with van der Waals surface area (Å²) in [5, 5.41) is 20.7. The molecule has 3 N–H and O–H groups in total. The van der Waals surface area contributed by atoms with E-state index in [1.807, 2.05) is 14.1 Å². The Morgan fingerprint density at radius 3 is 2.86 bits per heavy atom. The molecule has 1 fully saturated rings. The van der Waals surface area contributed by atoms with Crippen LogP contribution in [0.5, 0.6) is 0 Å². The molecule has 21 heavy (non-hydrogen) atoms. The normalized spacial score (nSPS) is 22.9. The minimum absolute atomic E-state index is 0.0445. The van der Waals surface area contributed by atoms with Crippen molar-refractivity contribution in [3.8, 4) is 0 Å². The van der Waals surface area contributed by atoms with Crippen molar-refractivity contribution in [1.82, 2.24) is 9.80 Å². The van der Waals surface area contributed by atoms with Crippen molar-refractivity contribution in [3.63, 3.8) is 0 Å². The number of hydrogen-bond acceptors (Lipinski definition) is 6. The van der Waals surface area contributed by atoms with Crippen LogP contribution in [0.15, 0.2) is 18.2 Å². The number of rotatable bonds is 5. The Labute approximate surface area is 124 Å². The van der Waals surface area contributed by atoms with E-state index in [9.17, 15) is 15.2 Å². The predicted molar refractivity (Wildman–Crippen MR) is 80.9 cm³/mol. The molecule has 0 bridgehead atoms. The second-order valence-electron chi connectivity index (χ2n) is 5.88. The SMILES string of the molecule is CN(C)CC1CC(O)CN1Cc1cc([N+](=O)[O-])ccc1N. The van der Waals surface area contributed by atoms with Crippen LogP contribution in [0.4, 0.5) is 11.4 Å². The molecule has 0 radical (unpaired) electrons. The number of aliphatic hydroxyl groups excluding tert-OH is 1. The van der Waals surface area contributed by atoms with Crippen LogP contribution < -0.4 is 5.73 Å². The number of nitro benzene ring substituents is 1. The van der Waals surface area contributed by atoms with Gasteiger partial charge in [-0.05, 0) is 32.1 Å². The fourth-order valence-electron chi connectivity index (χ4n) is 2.82. The van der Waals surface area contributed by atoms with Crippen molar-refractivity contribution in [1.29, 1.82) is 0 Å². The van der Waals surface area contributed by atoms with Crippen molar-refractivity contribution in [2.24, 2.45) is 0 Å². The molecule has 1 saturated heterocycles. The van der Waals surface area contributed by atoms with E-state index < -0.39 is 4.92 Å². The van der Waals surface area contributed by atoms with E-state index in [1.54, 1.807) is 6.07 Å². The number of hydrogen-bond donors (Lipinski definition) is 2. The lowest BCUT2D eigenvalue weighted by atomic mass is 10.1. The summed E-state index contributed by atoms with van der Waals surface area (Å²) in [4.78, 5) is 14.7. The van der Waals surface area contributed by atoms with Crippen LogP contribution in [0.3, 0.4) is 0 Å². The summed E-state index contributed by atoms with van der Waals surface area (Å²) in [5.74, 6) is 0. The lowest BCUT2D eigenvalue weighted by Gasteiger charge is -2.27. The summed E-state index contributed by atoms with van der Waals surface area (Å²) in [6.07, 6.45) is 0.363. The van der Waals surface area contributed by atoms with E-state index in [1.165, 1.54) is 12.1 Å². The number of nitro groups is 1. The van der Waals surface area contributed by atoms with Gasteiger partial charge in [0.25, 0.3) is 5.69 Å². The maximum atomic E-state index is 10.9. The van der Waals surface area contributed by atoms with Gasteiger partial charge in [0.15, 0.2) is 0 Å². The summed E-state index contributed by atoms with van der Waals surface area (Å²) in [5.41, 5.74) is 7.26.